The predicted octanol–water partition coefficient (Wildman–Crippen LogP) is 1.20. The van der Waals surface area contributed by atoms with Gasteiger partial charge in [0.05, 0.1) is 4.92 Å². The smallest absolute Gasteiger partial charge is 0.292 e. The van der Waals surface area contributed by atoms with E-state index in [9.17, 15) is 10.1 Å². The molecule has 0 unspecified atom stereocenters. The van der Waals surface area contributed by atoms with Crippen molar-refractivity contribution < 1.29 is 4.92 Å². The summed E-state index contributed by atoms with van der Waals surface area (Å²) in [6, 6.07) is 5.28. The molecule has 1 heterocycles. The van der Waals surface area contributed by atoms with Gasteiger partial charge in [-0.1, -0.05) is 13.0 Å². The third-order valence-electron chi connectivity index (χ3n) is 3.63. The summed E-state index contributed by atoms with van der Waals surface area (Å²) in [6.45, 7) is 7.05. The Kier molecular flexibility index (Phi) is 4.34. The average Bonchev–Trinajstić information content (AvgIpc) is 2.46. The van der Waals surface area contributed by atoms with E-state index in [-0.39, 0.29) is 10.6 Å². The van der Waals surface area contributed by atoms with Gasteiger partial charge < -0.3 is 15.5 Å². The van der Waals surface area contributed by atoms with E-state index in [4.69, 9.17) is 5.73 Å². The maximum atomic E-state index is 11.2. The first kappa shape index (κ1) is 13.8. The molecule has 2 N–H and O–H groups in total. The lowest BCUT2D eigenvalue weighted by Gasteiger charge is -2.35. The molecule has 1 saturated heterocycles. The number of hydrogen-bond acceptors (Lipinski definition) is 5. The number of anilines is 1. The second-order valence-electron chi connectivity index (χ2n) is 4.71. The first-order valence-electron chi connectivity index (χ1n) is 6.60. The van der Waals surface area contributed by atoms with Crippen LogP contribution in [0.5, 0.6) is 0 Å². The molecule has 1 fully saturated rings. The fraction of sp³-hybridized carbons (Fsp3) is 0.538. The van der Waals surface area contributed by atoms with Crippen molar-refractivity contribution in [1.82, 2.24) is 4.90 Å². The van der Waals surface area contributed by atoms with Crippen LogP contribution in [0.1, 0.15) is 12.5 Å². The van der Waals surface area contributed by atoms with Gasteiger partial charge >= 0.3 is 0 Å². The molecule has 1 aromatic carbocycles. The Balaban J connectivity index is 2.22. The molecule has 0 amide bonds. The quantitative estimate of drug-likeness (QED) is 0.653. The third-order valence-corrected chi connectivity index (χ3v) is 3.63. The summed E-state index contributed by atoms with van der Waals surface area (Å²) in [6.07, 6.45) is 0. The van der Waals surface area contributed by atoms with E-state index >= 15 is 0 Å². The van der Waals surface area contributed by atoms with Gasteiger partial charge in [-0.2, -0.15) is 0 Å². The van der Waals surface area contributed by atoms with Crippen molar-refractivity contribution in [2.75, 3.05) is 37.6 Å². The van der Waals surface area contributed by atoms with E-state index in [1.165, 1.54) is 0 Å². The number of nitro benzene ring substituents is 1. The highest BCUT2D eigenvalue weighted by atomic mass is 16.6. The Morgan fingerprint density at radius 1 is 1.32 bits per heavy atom. The van der Waals surface area contributed by atoms with Crippen molar-refractivity contribution in [1.29, 1.82) is 0 Å². The van der Waals surface area contributed by atoms with E-state index in [2.05, 4.69) is 16.7 Å². The van der Waals surface area contributed by atoms with Crippen molar-refractivity contribution >= 4 is 11.4 Å². The van der Waals surface area contributed by atoms with Crippen LogP contribution >= 0.6 is 0 Å². The van der Waals surface area contributed by atoms with E-state index in [1.807, 2.05) is 12.1 Å². The minimum absolute atomic E-state index is 0.160. The van der Waals surface area contributed by atoms with Crippen molar-refractivity contribution in [2.24, 2.45) is 5.73 Å². The third kappa shape index (κ3) is 3.02. The molecule has 6 heteroatoms. The van der Waals surface area contributed by atoms with Gasteiger partial charge in [0.1, 0.15) is 5.69 Å². The van der Waals surface area contributed by atoms with Gasteiger partial charge in [0, 0.05) is 38.8 Å². The first-order chi connectivity index (χ1) is 9.15. The standard InChI is InChI=1S/C13H20N4O2/c1-2-15-5-7-16(8-6-15)12-4-3-11(10-14)9-13(12)17(18)19/h3-4,9H,2,5-8,10,14H2,1H3. The minimum Gasteiger partial charge on any atom is -0.363 e. The predicted molar refractivity (Wildman–Crippen MR) is 75.3 cm³/mol. The second kappa shape index (κ2) is 5.99. The molecule has 104 valence electrons. The largest absolute Gasteiger partial charge is 0.363 e. The molecule has 0 atom stereocenters. The zero-order valence-electron chi connectivity index (χ0n) is 11.2. The monoisotopic (exact) mass is 264 g/mol. The lowest BCUT2D eigenvalue weighted by Crippen LogP contribution is -2.46. The molecular weight excluding hydrogens is 244 g/mol. The zero-order chi connectivity index (χ0) is 13.8. The van der Waals surface area contributed by atoms with Gasteiger partial charge in [0.25, 0.3) is 5.69 Å². The molecular formula is C13H20N4O2. The van der Waals surface area contributed by atoms with Crippen LogP contribution in [0.25, 0.3) is 0 Å². The highest BCUT2D eigenvalue weighted by Gasteiger charge is 2.23. The maximum absolute atomic E-state index is 11.2. The highest BCUT2D eigenvalue weighted by Crippen LogP contribution is 2.29. The number of nitrogens with zero attached hydrogens (tertiary/aromatic N) is 3. The van der Waals surface area contributed by atoms with Crippen molar-refractivity contribution in [2.45, 2.75) is 13.5 Å². The Hall–Kier alpha value is -1.66. The highest BCUT2D eigenvalue weighted by molar-refractivity contribution is 5.64. The number of benzene rings is 1. The number of piperazine rings is 1. The summed E-state index contributed by atoms with van der Waals surface area (Å²) >= 11 is 0. The lowest BCUT2D eigenvalue weighted by molar-refractivity contribution is -0.384. The van der Waals surface area contributed by atoms with Crippen molar-refractivity contribution in [3.63, 3.8) is 0 Å². The summed E-state index contributed by atoms with van der Waals surface area (Å²) in [5.74, 6) is 0. The van der Waals surface area contributed by atoms with E-state index < -0.39 is 0 Å². The van der Waals surface area contributed by atoms with Crippen LogP contribution in [0.15, 0.2) is 18.2 Å². The lowest BCUT2D eigenvalue weighted by atomic mass is 10.1. The summed E-state index contributed by atoms with van der Waals surface area (Å²) in [4.78, 5) is 15.3. The molecule has 6 nitrogen and oxygen atoms in total. The Bertz CT molecular complexity index is 456. The number of rotatable bonds is 4. The van der Waals surface area contributed by atoms with Gasteiger partial charge in [-0.05, 0) is 18.2 Å². The topological polar surface area (TPSA) is 75.6 Å². The van der Waals surface area contributed by atoms with E-state index in [0.717, 1.165) is 38.3 Å². The van der Waals surface area contributed by atoms with Gasteiger partial charge in [-0.25, -0.2) is 0 Å². The minimum atomic E-state index is -0.319. The molecule has 1 aromatic rings. The van der Waals surface area contributed by atoms with Crippen LogP contribution < -0.4 is 10.6 Å². The fourth-order valence-electron chi connectivity index (χ4n) is 2.41. The number of nitro groups is 1. The van der Waals surface area contributed by atoms with Crippen LogP contribution in [0.3, 0.4) is 0 Å². The summed E-state index contributed by atoms with van der Waals surface area (Å²) in [5, 5.41) is 11.2. The SMILES string of the molecule is CCN1CCN(c2ccc(CN)cc2[N+](=O)[O-])CC1. The van der Waals surface area contributed by atoms with Gasteiger partial charge in [0.2, 0.25) is 0 Å². The maximum Gasteiger partial charge on any atom is 0.292 e. The molecule has 1 aliphatic heterocycles. The Morgan fingerprint density at radius 2 is 2.00 bits per heavy atom. The first-order valence-corrected chi connectivity index (χ1v) is 6.60. The molecule has 19 heavy (non-hydrogen) atoms. The molecule has 0 saturated carbocycles. The molecule has 0 aromatic heterocycles. The summed E-state index contributed by atoms with van der Waals surface area (Å²) in [5.41, 5.74) is 7.20. The van der Waals surface area contributed by atoms with Gasteiger partial charge in [-0.15, -0.1) is 0 Å². The molecule has 0 spiro atoms. The van der Waals surface area contributed by atoms with Crippen LogP contribution in [-0.2, 0) is 6.54 Å². The number of hydrogen-bond donors (Lipinski definition) is 1. The normalized spacial score (nSPS) is 16.6. The van der Waals surface area contributed by atoms with Crippen molar-refractivity contribution in [3.05, 3.63) is 33.9 Å². The molecule has 0 bridgehead atoms. The average molecular weight is 264 g/mol. The van der Waals surface area contributed by atoms with Crippen LogP contribution in [-0.4, -0.2) is 42.5 Å². The van der Waals surface area contributed by atoms with Gasteiger partial charge in [0.15, 0.2) is 0 Å². The van der Waals surface area contributed by atoms with Crippen LogP contribution in [0.2, 0.25) is 0 Å². The summed E-state index contributed by atoms with van der Waals surface area (Å²) in [7, 11) is 0. The van der Waals surface area contributed by atoms with Crippen LogP contribution in [0.4, 0.5) is 11.4 Å². The zero-order valence-corrected chi connectivity index (χ0v) is 11.2. The Labute approximate surface area is 112 Å². The van der Waals surface area contributed by atoms with Gasteiger partial charge in [-0.3, -0.25) is 10.1 Å². The summed E-state index contributed by atoms with van der Waals surface area (Å²) < 4.78 is 0. The number of nitrogens with two attached hydrogens (primary N) is 1. The fourth-order valence-corrected chi connectivity index (χ4v) is 2.41. The molecule has 1 aliphatic rings. The van der Waals surface area contributed by atoms with Crippen molar-refractivity contribution in [3.8, 4) is 0 Å². The second-order valence-corrected chi connectivity index (χ2v) is 4.71. The van der Waals surface area contributed by atoms with E-state index in [0.29, 0.717) is 12.2 Å². The number of likely N-dealkylation sites (N-methyl/N-ethyl adjacent to an activating group) is 1. The molecule has 0 radical (unpaired) electrons. The van der Waals surface area contributed by atoms with E-state index in [1.54, 1.807) is 6.07 Å². The Morgan fingerprint density at radius 3 is 2.53 bits per heavy atom. The van der Waals surface area contributed by atoms with Crippen LogP contribution in [0, 0.1) is 10.1 Å². The molecule has 2 rings (SSSR count). The molecule has 0 aliphatic carbocycles.